The molecular formula is C23H28N4O2. The van der Waals surface area contributed by atoms with Crippen molar-refractivity contribution in [3.05, 3.63) is 71.4 Å². The zero-order valence-electron chi connectivity index (χ0n) is 16.9. The average molecular weight is 393 g/mol. The molecule has 0 amide bonds. The van der Waals surface area contributed by atoms with Gasteiger partial charge in [-0.05, 0) is 35.4 Å². The number of ether oxygens (including phenoxy) is 2. The van der Waals surface area contributed by atoms with Gasteiger partial charge in [0.2, 0.25) is 0 Å². The summed E-state index contributed by atoms with van der Waals surface area (Å²) >= 11 is 0. The molecule has 0 saturated carbocycles. The van der Waals surface area contributed by atoms with Crippen LogP contribution < -0.4 is 10.1 Å². The van der Waals surface area contributed by atoms with Gasteiger partial charge in [0.15, 0.2) is 0 Å². The Morgan fingerprint density at radius 3 is 2.45 bits per heavy atom. The number of benzene rings is 2. The van der Waals surface area contributed by atoms with Crippen LogP contribution in [0.4, 0.5) is 0 Å². The first-order valence-electron chi connectivity index (χ1n) is 10.1. The molecule has 6 nitrogen and oxygen atoms in total. The lowest BCUT2D eigenvalue weighted by molar-refractivity contribution is 0.0342. The molecule has 1 aliphatic rings. The molecule has 2 N–H and O–H groups in total. The first-order chi connectivity index (χ1) is 14.3. The minimum atomic E-state index is 0.757. The fraction of sp³-hybridized carbons (Fsp3) is 0.348. The number of H-pyrrole nitrogens is 1. The highest BCUT2D eigenvalue weighted by Gasteiger charge is 2.11. The number of rotatable bonds is 8. The Morgan fingerprint density at radius 2 is 1.72 bits per heavy atom. The molecule has 0 unspecified atom stereocenters. The standard InChI is InChI=1S/C23H28N4O2/c1-28-22-8-6-20(7-9-22)23-21(16-25-26-23)15-24-14-18-2-4-19(5-3-18)17-27-10-12-29-13-11-27/h2-9,16,24H,10-15,17H2,1H3,(H,25,26). The molecule has 1 saturated heterocycles. The number of aromatic amines is 1. The van der Waals surface area contributed by atoms with Gasteiger partial charge in [-0.25, -0.2) is 0 Å². The van der Waals surface area contributed by atoms with E-state index in [1.165, 1.54) is 11.1 Å². The molecule has 0 bridgehead atoms. The summed E-state index contributed by atoms with van der Waals surface area (Å²) in [5, 5.41) is 10.9. The van der Waals surface area contributed by atoms with Crippen LogP contribution in [0.1, 0.15) is 16.7 Å². The Kier molecular flexibility index (Phi) is 6.56. The highest BCUT2D eigenvalue weighted by Crippen LogP contribution is 2.23. The fourth-order valence-corrected chi connectivity index (χ4v) is 3.57. The zero-order valence-corrected chi connectivity index (χ0v) is 16.9. The average Bonchev–Trinajstić information content (AvgIpc) is 3.24. The third-order valence-electron chi connectivity index (χ3n) is 5.27. The van der Waals surface area contributed by atoms with E-state index in [2.05, 4.69) is 44.7 Å². The normalized spacial score (nSPS) is 14.8. The van der Waals surface area contributed by atoms with E-state index in [-0.39, 0.29) is 0 Å². The minimum absolute atomic E-state index is 0.757. The number of morpholine rings is 1. The summed E-state index contributed by atoms with van der Waals surface area (Å²) in [6, 6.07) is 16.9. The van der Waals surface area contributed by atoms with Gasteiger partial charge >= 0.3 is 0 Å². The van der Waals surface area contributed by atoms with E-state index in [1.54, 1.807) is 7.11 Å². The minimum Gasteiger partial charge on any atom is -0.497 e. The van der Waals surface area contributed by atoms with E-state index in [9.17, 15) is 0 Å². The summed E-state index contributed by atoms with van der Waals surface area (Å²) in [5.74, 6) is 0.852. The Labute approximate surface area is 171 Å². The highest BCUT2D eigenvalue weighted by atomic mass is 16.5. The smallest absolute Gasteiger partial charge is 0.118 e. The van der Waals surface area contributed by atoms with Gasteiger partial charge in [0, 0.05) is 43.9 Å². The lowest BCUT2D eigenvalue weighted by Gasteiger charge is -2.26. The number of hydrogen-bond donors (Lipinski definition) is 2. The monoisotopic (exact) mass is 392 g/mol. The maximum Gasteiger partial charge on any atom is 0.118 e. The summed E-state index contributed by atoms with van der Waals surface area (Å²) in [6.07, 6.45) is 1.89. The first-order valence-corrected chi connectivity index (χ1v) is 10.1. The Bertz CT molecular complexity index is 884. The second-order valence-corrected chi connectivity index (χ2v) is 7.31. The van der Waals surface area contributed by atoms with Crippen molar-refractivity contribution in [2.24, 2.45) is 0 Å². The molecule has 6 heteroatoms. The Morgan fingerprint density at radius 1 is 1.00 bits per heavy atom. The number of aromatic nitrogens is 2. The molecule has 1 aromatic heterocycles. The molecule has 1 aliphatic heterocycles. The molecule has 0 radical (unpaired) electrons. The van der Waals surface area contributed by atoms with Crippen molar-refractivity contribution >= 4 is 0 Å². The number of nitrogens with one attached hydrogen (secondary N) is 2. The van der Waals surface area contributed by atoms with Crippen molar-refractivity contribution in [2.75, 3.05) is 33.4 Å². The van der Waals surface area contributed by atoms with Crippen molar-refractivity contribution < 1.29 is 9.47 Å². The maximum atomic E-state index is 5.42. The molecule has 2 aromatic carbocycles. The van der Waals surface area contributed by atoms with Crippen molar-refractivity contribution in [3.63, 3.8) is 0 Å². The summed E-state index contributed by atoms with van der Waals surface area (Å²) in [4.78, 5) is 2.44. The molecule has 3 aromatic rings. The van der Waals surface area contributed by atoms with Crippen molar-refractivity contribution in [1.82, 2.24) is 20.4 Å². The predicted molar refractivity (Wildman–Crippen MR) is 114 cm³/mol. The van der Waals surface area contributed by atoms with Gasteiger partial charge in [-0.3, -0.25) is 10.00 Å². The summed E-state index contributed by atoms with van der Waals surface area (Å²) in [6.45, 7) is 6.30. The Hall–Kier alpha value is -2.67. The Balaban J connectivity index is 1.29. The van der Waals surface area contributed by atoms with E-state index in [0.717, 1.165) is 68.5 Å². The third-order valence-corrected chi connectivity index (χ3v) is 5.27. The first kappa shape index (κ1) is 19.6. The predicted octanol–water partition coefficient (Wildman–Crippen LogP) is 3.21. The van der Waals surface area contributed by atoms with Crippen molar-refractivity contribution in [2.45, 2.75) is 19.6 Å². The van der Waals surface area contributed by atoms with Crippen LogP contribution in [0.25, 0.3) is 11.3 Å². The molecule has 2 heterocycles. The largest absolute Gasteiger partial charge is 0.497 e. The van der Waals surface area contributed by atoms with Crippen LogP contribution in [-0.2, 0) is 24.4 Å². The molecular weight excluding hydrogens is 364 g/mol. The molecule has 4 rings (SSSR count). The molecule has 0 atom stereocenters. The van der Waals surface area contributed by atoms with Crippen LogP contribution >= 0.6 is 0 Å². The molecule has 0 spiro atoms. The number of hydrogen-bond acceptors (Lipinski definition) is 5. The van der Waals surface area contributed by atoms with E-state index >= 15 is 0 Å². The second kappa shape index (κ2) is 9.69. The van der Waals surface area contributed by atoms with Gasteiger partial charge in [0.25, 0.3) is 0 Å². The fourth-order valence-electron chi connectivity index (χ4n) is 3.57. The van der Waals surface area contributed by atoms with Crippen LogP contribution in [-0.4, -0.2) is 48.5 Å². The SMILES string of the molecule is COc1ccc(-c2[nH]ncc2CNCc2ccc(CN3CCOCC3)cc2)cc1. The summed E-state index contributed by atoms with van der Waals surface area (Å²) < 4.78 is 10.7. The van der Waals surface area contributed by atoms with Crippen molar-refractivity contribution in [1.29, 1.82) is 0 Å². The third kappa shape index (κ3) is 5.23. The molecule has 0 aliphatic carbocycles. The van der Waals surface area contributed by atoms with E-state index < -0.39 is 0 Å². The highest BCUT2D eigenvalue weighted by molar-refractivity contribution is 5.63. The summed E-state index contributed by atoms with van der Waals surface area (Å²) in [5.41, 5.74) is 5.94. The van der Waals surface area contributed by atoms with E-state index in [0.29, 0.717) is 0 Å². The van der Waals surface area contributed by atoms with Crippen LogP contribution in [0, 0.1) is 0 Å². The molecule has 1 fully saturated rings. The molecule has 29 heavy (non-hydrogen) atoms. The van der Waals surface area contributed by atoms with Crippen LogP contribution in [0.5, 0.6) is 5.75 Å². The second-order valence-electron chi connectivity index (χ2n) is 7.31. The number of methoxy groups -OCH3 is 1. The summed E-state index contributed by atoms with van der Waals surface area (Å²) in [7, 11) is 1.68. The van der Waals surface area contributed by atoms with Gasteiger partial charge < -0.3 is 14.8 Å². The van der Waals surface area contributed by atoms with E-state index in [4.69, 9.17) is 9.47 Å². The van der Waals surface area contributed by atoms with Crippen LogP contribution in [0.15, 0.2) is 54.7 Å². The lowest BCUT2D eigenvalue weighted by atomic mass is 10.1. The van der Waals surface area contributed by atoms with Gasteiger partial charge in [0.05, 0.1) is 32.2 Å². The van der Waals surface area contributed by atoms with E-state index in [1.807, 2.05) is 30.5 Å². The zero-order chi connectivity index (χ0) is 19.9. The quantitative estimate of drug-likeness (QED) is 0.616. The number of nitrogens with zero attached hydrogens (tertiary/aromatic N) is 2. The van der Waals surface area contributed by atoms with Crippen molar-refractivity contribution in [3.8, 4) is 17.0 Å². The van der Waals surface area contributed by atoms with Crippen LogP contribution in [0.2, 0.25) is 0 Å². The van der Waals surface area contributed by atoms with Gasteiger partial charge in [0.1, 0.15) is 5.75 Å². The topological polar surface area (TPSA) is 62.4 Å². The van der Waals surface area contributed by atoms with Gasteiger partial charge in [-0.1, -0.05) is 24.3 Å². The molecule has 152 valence electrons. The lowest BCUT2D eigenvalue weighted by Crippen LogP contribution is -2.35. The maximum absolute atomic E-state index is 5.42. The van der Waals surface area contributed by atoms with Crippen LogP contribution in [0.3, 0.4) is 0 Å². The van der Waals surface area contributed by atoms with Gasteiger partial charge in [-0.2, -0.15) is 5.10 Å². The van der Waals surface area contributed by atoms with Gasteiger partial charge in [-0.15, -0.1) is 0 Å².